The SMILES string of the molecule is Cc1cc(OC2CCN(C(=O)C3CCCN3c3ccccn3)CC2)cc(=O)n1C. The molecule has 1 unspecified atom stereocenters. The van der Waals surface area contributed by atoms with Gasteiger partial charge in [-0.2, -0.15) is 0 Å². The normalized spacial score (nSPS) is 20.1. The van der Waals surface area contributed by atoms with Gasteiger partial charge in [-0.1, -0.05) is 6.07 Å². The van der Waals surface area contributed by atoms with E-state index in [2.05, 4.69) is 9.88 Å². The topological polar surface area (TPSA) is 67.7 Å². The molecular formula is C22H28N4O3. The van der Waals surface area contributed by atoms with Gasteiger partial charge in [0, 0.05) is 57.5 Å². The van der Waals surface area contributed by atoms with E-state index in [9.17, 15) is 9.59 Å². The van der Waals surface area contributed by atoms with Gasteiger partial charge in [0.05, 0.1) is 0 Å². The first-order valence-electron chi connectivity index (χ1n) is 10.3. The fourth-order valence-electron chi connectivity index (χ4n) is 4.22. The molecule has 2 saturated heterocycles. The highest BCUT2D eigenvalue weighted by atomic mass is 16.5. The summed E-state index contributed by atoms with van der Waals surface area (Å²) in [6.07, 6.45) is 5.23. The van der Waals surface area contributed by atoms with Crippen LogP contribution in [0.2, 0.25) is 0 Å². The van der Waals surface area contributed by atoms with Crippen LogP contribution < -0.4 is 15.2 Å². The van der Waals surface area contributed by atoms with Gasteiger partial charge >= 0.3 is 0 Å². The van der Waals surface area contributed by atoms with Gasteiger partial charge in [-0.15, -0.1) is 0 Å². The van der Waals surface area contributed by atoms with Crippen LogP contribution in [-0.2, 0) is 11.8 Å². The standard InChI is InChI=1S/C22H28N4O3/c1-16-14-18(15-21(27)24(16)2)29-17-8-12-25(13-9-17)22(28)19-6-5-11-26(19)20-7-3-4-10-23-20/h3-4,7,10,14-15,17,19H,5-6,8-9,11-13H2,1-2H3. The Morgan fingerprint density at radius 3 is 2.62 bits per heavy atom. The highest BCUT2D eigenvalue weighted by Crippen LogP contribution is 2.26. The molecule has 29 heavy (non-hydrogen) atoms. The largest absolute Gasteiger partial charge is 0.490 e. The van der Waals surface area contributed by atoms with Gasteiger partial charge in [-0.25, -0.2) is 4.98 Å². The Bertz CT molecular complexity index is 919. The van der Waals surface area contributed by atoms with Gasteiger partial charge < -0.3 is 19.1 Å². The number of carbonyl (C=O) groups excluding carboxylic acids is 1. The summed E-state index contributed by atoms with van der Waals surface area (Å²) in [5.41, 5.74) is 0.805. The minimum Gasteiger partial charge on any atom is -0.490 e. The third-order valence-electron chi connectivity index (χ3n) is 6.01. The van der Waals surface area contributed by atoms with E-state index in [1.54, 1.807) is 17.8 Å². The van der Waals surface area contributed by atoms with E-state index in [0.29, 0.717) is 18.8 Å². The summed E-state index contributed by atoms with van der Waals surface area (Å²) in [5, 5.41) is 0. The Hall–Kier alpha value is -2.83. The van der Waals surface area contributed by atoms with Gasteiger partial charge in [0.1, 0.15) is 23.7 Å². The summed E-state index contributed by atoms with van der Waals surface area (Å²) >= 11 is 0. The molecule has 7 heteroatoms. The molecule has 0 spiro atoms. The molecule has 4 heterocycles. The van der Waals surface area contributed by atoms with Crippen molar-refractivity contribution in [3.8, 4) is 5.75 Å². The fourth-order valence-corrected chi connectivity index (χ4v) is 4.22. The molecule has 1 amide bonds. The van der Waals surface area contributed by atoms with E-state index < -0.39 is 0 Å². The van der Waals surface area contributed by atoms with Crippen LogP contribution in [0.1, 0.15) is 31.4 Å². The smallest absolute Gasteiger partial charge is 0.254 e. The molecule has 1 atom stereocenters. The minimum absolute atomic E-state index is 0.0287. The maximum absolute atomic E-state index is 13.1. The van der Waals surface area contributed by atoms with Crippen LogP contribution in [0.15, 0.2) is 41.3 Å². The fraction of sp³-hybridized carbons (Fsp3) is 0.500. The number of ether oxygens (including phenoxy) is 1. The Labute approximate surface area is 170 Å². The van der Waals surface area contributed by atoms with Gasteiger partial charge in [0.25, 0.3) is 5.56 Å². The lowest BCUT2D eigenvalue weighted by atomic mass is 10.1. The number of anilines is 1. The van der Waals surface area contributed by atoms with Crippen LogP contribution in [-0.4, -0.2) is 52.1 Å². The molecule has 7 nitrogen and oxygen atoms in total. The van der Waals surface area contributed by atoms with Crippen molar-refractivity contribution >= 4 is 11.7 Å². The molecule has 0 radical (unpaired) electrons. The van der Waals surface area contributed by atoms with Crippen molar-refractivity contribution < 1.29 is 9.53 Å². The molecule has 0 aromatic carbocycles. The third-order valence-corrected chi connectivity index (χ3v) is 6.01. The first-order chi connectivity index (χ1) is 14.0. The zero-order valence-electron chi connectivity index (χ0n) is 17.1. The van der Waals surface area contributed by atoms with E-state index in [0.717, 1.165) is 43.7 Å². The van der Waals surface area contributed by atoms with E-state index in [1.165, 1.54) is 6.07 Å². The van der Waals surface area contributed by atoms with Gasteiger partial charge in [-0.3, -0.25) is 9.59 Å². The molecule has 2 aliphatic rings. The summed E-state index contributed by atoms with van der Waals surface area (Å²) in [6.45, 7) is 4.12. The molecule has 4 rings (SSSR count). The molecule has 2 aliphatic heterocycles. The molecular weight excluding hydrogens is 368 g/mol. The number of likely N-dealkylation sites (tertiary alicyclic amines) is 1. The second kappa shape index (κ2) is 8.27. The molecule has 0 N–H and O–H groups in total. The van der Waals surface area contributed by atoms with Gasteiger partial charge in [0.15, 0.2) is 0 Å². The lowest BCUT2D eigenvalue weighted by Crippen LogP contribution is -2.50. The number of aryl methyl sites for hydroxylation is 1. The quantitative estimate of drug-likeness (QED) is 0.792. The van der Waals surface area contributed by atoms with Crippen molar-refractivity contribution in [3.63, 3.8) is 0 Å². The maximum atomic E-state index is 13.1. The minimum atomic E-state index is -0.123. The Morgan fingerprint density at radius 1 is 1.14 bits per heavy atom. The third kappa shape index (κ3) is 4.13. The molecule has 2 fully saturated rings. The Kier molecular flexibility index (Phi) is 5.56. The van der Waals surface area contributed by atoms with Gasteiger partial charge in [0.2, 0.25) is 5.91 Å². The van der Waals surface area contributed by atoms with Crippen molar-refractivity contribution in [2.45, 2.75) is 44.8 Å². The van der Waals surface area contributed by atoms with Crippen molar-refractivity contribution in [1.29, 1.82) is 0 Å². The van der Waals surface area contributed by atoms with E-state index in [-0.39, 0.29) is 23.6 Å². The summed E-state index contributed by atoms with van der Waals surface area (Å²) in [4.78, 5) is 33.6. The van der Waals surface area contributed by atoms with E-state index in [1.807, 2.05) is 36.1 Å². The summed E-state index contributed by atoms with van der Waals surface area (Å²) in [6, 6.07) is 9.13. The van der Waals surface area contributed by atoms with Crippen LogP contribution in [0.5, 0.6) is 5.75 Å². The predicted molar refractivity (Wildman–Crippen MR) is 111 cm³/mol. The average Bonchev–Trinajstić information content (AvgIpc) is 3.22. The predicted octanol–water partition coefficient (Wildman–Crippen LogP) is 2.13. The molecule has 0 saturated carbocycles. The highest BCUT2D eigenvalue weighted by Gasteiger charge is 2.36. The van der Waals surface area contributed by atoms with Crippen molar-refractivity contribution in [3.05, 3.63) is 52.6 Å². The molecule has 2 aromatic heterocycles. The second-order valence-corrected chi connectivity index (χ2v) is 7.91. The van der Waals surface area contributed by atoms with E-state index >= 15 is 0 Å². The first kappa shape index (κ1) is 19.5. The van der Waals surface area contributed by atoms with Crippen LogP contribution in [0.25, 0.3) is 0 Å². The number of pyridine rings is 2. The summed E-state index contributed by atoms with van der Waals surface area (Å²) in [7, 11) is 1.75. The molecule has 154 valence electrons. The van der Waals surface area contributed by atoms with Crippen LogP contribution in [0.4, 0.5) is 5.82 Å². The summed E-state index contributed by atoms with van der Waals surface area (Å²) in [5.74, 6) is 1.69. The van der Waals surface area contributed by atoms with Crippen molar-refractivity contribution in [1.82, 2.24) is 14.5 Å². The zero-order chi connectivity index (χ0) is 20.4. The molecule has 2 aromatic rings. The lowest BCUT2D eigenvalue weighted by molar-refractivity contribution is -0.134. The maximum Gasteiger partial charge on any atom is 0.254 e. The number of hydrogen-bond donors (Lipinski definition) is 0. The zero-order valence-corrected chi connectivity index (χ0v) is 17.1. The van der Waals surface area contributed by atoms with Crippen LogP contribution in [0, 0.1) is 6.92 Å². The average molecular weight is 396 g/mol. The number of carbonyl (C=O) groups is 1. The second-order valence-electron chi connectivity index (χ2n) is 7.91. The van der Waals surface area contributed by atoms with Crippen molar-refractivity contribution in [2.24, 2.45) is 7.05 Å². The first-order valence-corrected chi connectivity index (χ1v) is 10.3. The number of hydrogen-bond acceptors (Lipinski definition) is 5. The Morgan fingerprint density at radius 2 is 1.93 bits per heavy atom. The van der Waals surface area contributed by atoms with Crippen molar-refractivity contribution in [2.75, 3.05) is 24.5 Å². The lowest BCUT2D eigenvalue weighted by Gasteiger charge is -2.35. The number of aromatic nitrogens is 2. The number of nitrogens with zero attached hydrogens (tertiary/aromatic N) is 4. The number of rotatable bonds is 4. The number of piperidine rings is 1. The van der Waals surface area contributed by atoms with Gasteiger partial charge in [-0.05, 0) is 38.0 Å². The molecule has 0 aliphatic carbocycles. The van der Waals surface area contributed by atoms with E-state index in [4.69, 9.17) is 4.74 Å². The number of amides is 1. The molecule has 0 bridgehead atoms. The van der Waals surface area contributed by atoms with Crippen LogP contribution >= 0.6 is 0 Å². The highest BCUT2D eigenvalue weighted by molar-refractivity contribution is 5.85. The Balaban J connectivity index is 1.36. The van der Waals surface area contributed by atoms with Crippen LogP contribution in [0.3, 0.4) is 0 Å². The summed E-state index contributed by atoms with van der Waals surface area (Å²) < 4.78 is 7.64. The monoisotopic (exact) mass is 396 g/mol.